The molecule has 8 rings (SSSR count). The number of rotatable bonds is 14. The van der Waals surface area contributed by atoms with Crippen LogP contribution in [0.15, 0.2) is 132 Å². The fourth-order valence-electron chi connectivity index (χ4n) is 9.85. The van der Waals surface area contributed by atoms with Crippen molar-refractivity contribution in [3.05, 3.63) is 134 Å². The van der Waals surface area contributed by atoms with Crippen molar-refractivity contribution in [2.45, 2.75) is 105 Å². The van der Waals surface area contributed by atoms with Crippen LogP contribution in [-0.2, 0) is 51.8 Å². The van der Waals surface area contributed by atoms with Crippen LogP contribution in [0, 0.1) is 12.0 Å². The van der Waals surface area contributed by atoms with E-state index in [1.165, 1.54) is 48.5 Å². The first-order chi connectivity index (χ1) is 31.9. The largest absolute Gasteiger partial charge is 1.00 e. The Labute approximate surface area is 494 Å². The van der Waals surface area contributed by atoms with Gasteiger partial charge in [0.1, 0.15) is 22.4 Å². The van der Waals surface area contributed by atoms with Crippen molar-refractivity contribution in [3.63, 3.8) is 0 Å². The molecule has 71 heavy (non-hydrogen) atoms. The monoisotopic (exact) mass is 1110 g/mol. The smallest absolute Gasteiger partial charge is 0.748 e. The van der Waals surface area contributed by atoms with Gasteiger partial charge >= 0.3 is 99.3 Å². The van der Waals surface area contributed by atoms with Crippen molar-refractivity contribution in [2.75, 3.05) is 29.5 Å². The number of benzene rings is 3. The molecular formula is C48H52N2Na3O12S6+. The quantitative estimate of drug-likeness (QED) is 0.0709. The molecule has 0 fully saturated rings. The molecule has 364 valence electrons. The van der Waals surface area contributed by atoms with Crippen molar-refractivity contribution in [3.8, 4) is 0 Å². The molecule has 2 aliphatic carbocycles. The van der Waals surface area contributed by atoms with Crippen LogP contribution in [-0.4, -0.2) is 86.4 Å². The zero-order chi connectivity index (χ0) is 49.4. The summed E-state index contributed by atoms with van der Waals surface area (Å²) in [6, 6.07) is 22.1. The van der Waals surface area contributed by atoms with Gasteiger partial charge in [-0.3, -0.25) is 4.55 Å². The topological polar surface area (TPSA) is 226 Å². The van der Waals surface area contributed by atoms with Gasteiger partial charge in [-0.25, -0.2) is 21.4 Å². The molecule has 0 aromatic heterocycles. The summed E-state index contributed by atoms with van der Waals surface area (Å²) < 4.78 is 131. The predicted octanol–water partition coefficient (Wildman–Crippen LogP) is -0.457. The number of thioether (sulfide) groups is 2. The first kappa shape index (κ1) is 62.4. The Morgan fingerprint density at radius 3 is 2.07 bits per heavy atom. The van der Waals surface area contributed by atoms with Crippen molar-refractivity contribution < 1.29 is 145 Å². The fourth-order valence-corrected chi connectivity index (χ4v) is 14.2. The van der Waals surface area contributed by atoms with Gasteiger partial charge in [-0.1, -0.05) is 81.1 Å². The van der Waals surface area contributed by atoms with Crippen LogP contribution in [0.2, 0.25) is 0 Å². The van der Waals surface area contributed by atoms with Crippen molar-refractivity contribution in [2.24, 2.45) is 5.92 Å². The van der Waals surface area contributed by atoms with Crippen LogP contribution in [0.3, 0.4) is 0 Å². The Bertz CT molecular complexity index is 3200. The minimum atomic E-state index is -4.72. The molecule has 3 aromatic carbocycles. The Hall–Kier alpha value is -1.12. The minimum absolute atomic E-state index is 0. The Kier molecular flexibility index (Phi) is 22.3. The molecule has 0 saturated heterocycles. The zero-order valence-corrected chi connectivity index (χ0v) is 51.8. The number of unbranched alkanes of at least 4 members (excludes halogenated alkanes) is 2. The molecule has 0 spiro atoms. The van der Waals surface area contributed by atoms with E-state index in [4.69, 9.17) is 12.6 Å². The number of nitrogens with zero attached hydrogens (tertiary/aromatic N) is 2. The molecule has 14 nitrogen and oxygen atoms in total. The van der Waals surface area contributed by atoms with E-state index in [0.717, 1.165) is 54.0 Å². The van der Waals surface area contributed by atoms with Gasteiger partial charge in [0, 0.05) is 66.6 Å². The second kappa shape index (κ2) is 25.4. The van der Waals surface area contributed by atoms with Crippen molar-refractivity contribution >= 4 is 81.6 Å². The third kappa shape index (κ3) is 14.9. The maximum atomic E-state index is 12.1. The SMILES string of the molecule is CC1(C)C(/C=C/C2=C3Sc4ccccc4SC4=C3C(CC2)CC/C4=C\C=C2\N(CCCCS(=O)(=O)[O-])c3ccc(S(=O)(=O)[O-])cc3C2(C)C)=[N+](CCCCS(=O)(=O)O)c2cc[c-]cc21.O=S(=O)=O.[Na+].[Na+].[Na+]. The summed E-state index contributed by atoms with van der Waals surface area (Å²) in [5.74, 6) is -0.387. The normalized spacial score (nSPS) is 19.9. The van der Waals surface area contributed by atoms with E-state index < -0.39 is 52.1 Å². The average Bonchev–Trinajstić information content (AvgIpc) is 3.48. The molecule has 3 heterocycles. The van der Waals surface area contributed by atoms with Gasteiger partial charge in [0.2, 0.25) is 0 Å². The predicted molar refractivity (Wildman–Crippen MR) is 261 cm³/mol. The van der Waals surface area contributed by atoms with Crippen LogP contribution in [0.25, 0.3) is 0 Å². The number of allylic oxidation sites excluding steroid dienone is 8. The van der Waals surface area contributed by atoms with Gasteiger partial charge in [-0.15, -0.1) is 18.7 Å². The zero-order valence-electron chi connectivity index (χ0n) is 40.9. The number of anilines is 1. The van der Waals surface area contributed by atoms with Crippen LogP contribution < -0.4 is 93.6 Å². The average molecular weight is 1110 g/mol. The van der Waals surface area contributed by atoms with E-state index in [0.29, 0.717) is 43.8 Å². The van der Waals surface area contributed by atoms with Gasteiger partial charge in [0.05, 0.1) is 20.8 Å². The summed E-state index contributed by atoms with van der Waals surface area (Å²) in [6.07, 6.45) is 14.0. The molecule has 0 radical (unpaired) electrons. The first-order valence-corrected chi connectivity index (χ1v) is 29.3. The number of fused-ring (bicyclic) bond motifs is 3. The van der Waals surface area contributed by atoms with E-state index in [9.17, 15) is 38.9 Å². The van der Waals surface area contributed by atoms with Crippen LogP contribution in [0.5, 0.6) is 0 Å². The van der Waals surface area contributed by atoms with E-state index >= 15 is 0 Å². The number of hydrogen-bond acceptors (Lipinski definition) is 14. The number of hydrogen-bond donors (Lipinski definition) is 1. The van der Waals surface area contributed by atoms with Crippen LogP contribution in [0.4, 0.5) is 11.4 Å². The molecule has 0 amide bonds. The standard InChI is InChI=1S/C48H54N2O9S5.3Na.O3S/c1-47(2)36-13-5-6-14-38(36)49(27-9-11-29-62(51,52)53)42(47)25-21-33-19-17-32-18-20-34(46-44(32)45(33)60-40-15-7-8-16-41(40)61-46)22-26-43-48(3,4)37-31-35(64(57,58)59)23-24-39(37)50(43)28-10-12-30-63(54,55)56;;;;1-4(2)3/h6-8,13-16,21-26,31-32H,9-12,17-20,27-30H2,1-4H3,(H,51,52,53)(H,54,55,56)(H,57,58,59);;;;/q;3*+1;/p-2. The molecule has 1 unspecified atom stereocenters. The van der Waals surface area contributed by atoms with Crippen LogP contribution in [0.1, 0.15) is 90.2 Å². The molecule has 1 N–H and O–H groups in total. The van der Waals surface area contributed by atoms with E-state index in [-0.39, 0.29) is 111 Å². The summed E-state index contributed by atoms with van der Waals surface area (Å²) in [7, 11) is -16.3. The van der Waals surface area contributed by atoms with Crippen LogP contribution >= 0.6 is 23.5 Å². The molecule has 3 aliphatic heterocycles. The van der Waals surface area contributed by atoms with Crippen molar-refractivity contribution in [1.29, 1.82) is 0 Å². The molecule has 5 aliphatic rings. The molecule has 0 bridgehead atoms. The van der Waals surface area contributed by atoms with Gasteiger partial charge in [0.25, 0.3) is 10.1 Å². The maximum absolute atomic E-state index is 12.1. The summed E-state index contributed by atoms with van der Waals surface area (Å²) in [5.41, 5.74) is 8.37. The molecule has 3 aromatic rings. The molecule has 23 heteroatoms. The Balaban J connectivity index is 0.00000151. The minimum Gasteiger partial charge on any atom is -0.748 e. The summed E-state index contributed by atoms with van der Waals surface area (Å²) >= 11 is 3.62. The van der Waals surface area contributed by atoms with E-state index in [1.807, 2.05) is 37.7 Å². The van der Waals surface area contributed by atoms with E-state index in [1.54, 1.807) is 17.8 Å². The van der Waals surface area contributed by atoms with Gasteiger partial charge in [-0.2, -0.15) is 26.6 Å². The van der Waals surface area contributed by atoms with Gasteiger partial charge in [0.15, 0.2) is 5.71 Å². The molecular weight excluding hydrogens is 1060 g/mol. The fraction of sp³-hybridized carbons (Fsp3) is 0.396. The first-order valence-electron chi connectivity index (χ1n) is 22.1. The maximum Gasteiger partial charge on any atom is 1.00 e. The van der Waals surface area contributed by atoms with Gasteiger partial charge in [-0.05, 0) is 110 Å². The summed E-state index contributed by atoms with van der Waals surface area (Å²) in [5, 5.41) is 0. The second-order valence-electron chi connectivity index (χ2n) is 18.3. The Morgan fingerprint density at radius 1 is 0.803 bits per heavy atom. The second-order valence-corrected chi connectivity index (χ2v) is 25.3. The summed E-state index contributed by atoms with van der Waals surface area (Å²) in [4.78, 5) is 6.59. The van der Waals surface area contributed by atoms with E-state index in [2.05, 4.69) is 84.0 Å². The third-order valence-corrected chi connectivity index (χ3v) is 18.2. The van der Waals surface area contributed by atoms with Crippen molar-refractivity contribution in [1.82, 2.24) is 0 Å². The molecule has 0 saturated carbocycles. The molecule has 1 atom stereocenters. The summed E-state index contributed by atoms with van der Waals surface area (Å²) in [6.45, 7) is 9.39. The van der Waals surface area contributed by atoms with Gasteiger partial charge < -0.3 is 14.0 Å². The third-order valence-electron chi connectivity index (χ3n) is 13.1. The Morgan fingerprint density at radius 2 is 1.44 bits per heavy atom.